The maximum Gasteiger partial charge on any atom is 0.200 e. The molecule has 2 aliphatic heterocycles. The van der Waals surface area contributed by atoms with E-state index in [9.17, 15) is 4.39 Å². The molecular weight excluding hydrogens is 1230 g/mol. The fourth-order valence-electron chi connectivity index (χ4n) is 9.42. The van der Waals surface area contributed by atoms with Crippen molar-refractivity contribution in [3.05, 3.63) is 220 Å². The van der Waals surface area contributed by atoms with E-state index in [0.29, 0.717) is 0 Å². The van der Waals surface area contributed by atoms with Crippen LogP contribution in [-0.2, 0) is 0 Å². The molecule has 0 fully saturated rings. The number of benzene rings is 4. The average molecular weight is 1250 g/mol. The number of fused-ring (bicyclic) bond motifs is 8. The summed E-state index contributed by atoms with van der Waals surface area (Å²) in [5.74, 6) is -37.9. The number of nitrogens with zero attached hydrogens (tertiary/aromatic N) is 5. The predicted octanol–water partition coefficient (Wildman–Crippen LogP) is 18.3. The van der Waals surface area contributed by atoms with E-state index in [4.69, 9.17) is 0 Å². The summed E-state index contributed by atoms with van der Waals surface area (Å²) < 4.78 is 279. The molecule has 27 heteroatoms. The van der Waals surface area contributed by atoms with Crippen LogP contribution in [0.3, 0.4) is 0 Å². The molecule has 8 bridgehead atoms. The molecular formula is C59H22F17N7S3. The van der Waals surface area contributed by atoms with Gasteiger partial charge in [0, 0.05) is 96.2 Å². The van der Waals surface area contributed by atoms with Crippen LogP contribution in [0.25, 0.3) is 90.9 Å². The number of rotatable bonds is 10. The van der Waals surface area contributed by atoms with E-state index in [-0.39, 0.29) is 50.0 Å². The third-order valence-electron chi connectivity index (χ3n) is 13.2. The van der Waals surface area contributed by atoms with Gasteiger partial charge < -0.3 is 9.97 Å². The van der Waals surface area contributed by atoms with Gasteiger partial charge in [0.15, 0.2) is 93.1 Å². The highest BCUT2D eigenvalue weighted by Gasteiger charge is 2.36. The van der Waals surface area contributed by atoms with Crippen molar-refractivity contribution in [1.82, 2.24) is 34.9 Å². The highest BCUT2D eigenvalue weighted by atomic mass is 32.2. The third-order valence-corrected chi connectivity index (χ3v) is 16.5. The zero-order valence-corrected chi connectivity index (χ0v) is 44.4. The number of aromatic amines is 2. The van der Waals surface area contributed by atoms with Crippen LogP contribution in [0.4, 0.5) is 74.6 Å². The molecule has 0 radical (unpaired) electrons. The first-order chi connectivity index (χ1) is 41.2. The van der Waals surface area contributed by atoms with Crippen molar-refractivity contribution in [3.63, 3.8) is 0 Å². The van der Waals surface area contributed by atoms with Gasteiger partial charge in [-0.25, -0.2) is 84.6 Å². The van der Waals surface area contributed by atoms with Crippen molar-refractivity contribution >= 4 is 81.7 Å². The zero-order valence-electron chi connectivity index (χ0n) is 41.9. The molecule has 0 aliphatic carbocycles. The topological polar surface area (TPSA) is 96.0 Å². The number of aromatic nitrogens is 7. The molecule has 6 aromatic heterocycles. The largest absolute Gasteiger partial charge is 0.354 e. The molecule has 2 N–H and O–H groups in total. The number of H-pyrrole nitrogens is 2. The molecule has 2 aliphatic rings. The second kappa shape index (κ2) is 22.3. The van der Waals surface area contributed by atoms with Crippen LogP contribution < -0.4 is 0 Å². The highest BCUT2D eigenvalue weighted by molar-refractivity contribution is 8.00. The van der Waals surface area contributed by atoms with Gasteiger partial charge in [0.2, 0.25) is 5.82 Å². The van der Waals surface area contributed by atoms with Gasteiger partial charge in [0.1, 0.15) is 0 Å². The molecule has 7 nitrogen and oxygen atoms in total. The molecule has 12 rings (SSSR count). The van der Waals surface area contributed by atoms with Crippen molar-refractivity contribution in [3.8, 4) is 44.5 Å². The summed E-state index contributed by atoms with van der Waals surface area (Å²) in [6.45, 7) is 0. The first-order valence-corrected chi connectivity index (χ1v) is 26.7. The number of nitrogens with one attached hydrogen (secondary N) is 2. The van der Waals surface area contributed by atoms with E-state index >= 15 is 70.2 Å². The summed E-state index contributed by atoms with van der Waals surface area (Å²) in [5.41, 5.74) is -17.5. The van der Waals surface area contributed by atoms with Crippen LogP contribution in [-0.4, -0.2) is 34.9 Å². The van der Waals surface area contributed by atoms with Crippen LogP contribution in [0.5, 0.6) is 0 Å². The van der Waals surface area contributed by atoms with Crippen LogP contribution >= 0.6 is 35.3 Å². The van der Waals surface area contributed by atoms with Crippen molar-refractivity contribution in [1.29, 1.82) is 0 Å². The highest BCUT2D eigenvalue weighted by Crippen LogP contribution is 2.48. The van der Waals surface area contributed by atoms with Crippen LogP contribution in [0, 0.1) is 98.9 Å². The second-order valence-corrected chi connectivity index (χ2v) is 21.4. The summed E-state index contributed by atoms with van der Waals surface area (Å²) in [4.78, 5) is 21.2. The Morgan fingerprint density at radius 2 is 0.430 bits per heavy atom. The summed E-state index contributed by atoms with van der Waals surface area (Å²) >= 11 is 0.641. The lowest BCUT2D eigenvalue weighted by Crippen LogP contribution is -2.05. The van der Waals surface area contributed by atoms with Gasteiger partial charge in [-0.05, 0) is 85.0 Å². The molecule has 0 spiro atoms. The van der Waals surface area contributed by atoms with E-state index in [1.165, 1.54) is 73.6 Å². The molecule has 8 heterocycles. The molecule has 0 saturated heterocycles. The molecule has 10 aromatic rings. The standard InChI is InChI=1S/C59H22F17N7S3/c60-40-36(41(61)49(69)50(70)48(40)68)32-24-1-3-26(80-24)33(37-42(62)51(71)57(52(72)43(37)63)84-21-9-15-77-16-10-21)28-5-7-30(82-28)35(39-46(66)55(75)59(56(76)47(39)67)86-23-13-19-79-20-14-23)31-8-6-29(83-31)34(27-4-2-25(32)81-27)38-44(64)53(73)58(54(74)45(38)65)85-22-11-17-78-18-12-22/h1-20,80,83H. The van der Waals surface area contributed by atoms with Crippen molar-refractivity contribution < 1.29 is 74.6 Å². The van der Waals surface area contributed by atoms with Gasteiger partial charge in [0.25, 0.3) is 0 Å². The zero-order chi connectivity index (χ0) is 60.7. The fraction of sp³-hybridized carbons (Fsp3) is 0. The van der Waals surface area contributed by atoms with E-state index in [2.05, 4.69) is 34.9 Å². The van der Waals surface area contributed by atoms with E-state index in [1.54, 1.807) is 0 Å². The first-order valence-electron chi connectivity index (χ1n) is 24.3. The van der Waals surface area contributed by atoms with E-state index in [1.807, 2.05) is 0 Å². The lowest BCUT2D eigenvalue weighted by atomic mass is 10.0. The van der Waals surface area contributed by atoms with Crippen molar-refractivity contribution in [2.75, 3.05) is 0 Å². The lowest BCUT2D eigenvalue weighted by Gasteiger charge is -2.14. The minimum Gasteiger partial charge on any atom is -0.354 e. The minimum atomic E-state index is -2.66. The first kappa shape index (κ1) is 57.2. The van der Waals surface area contributed by atoms with Crippen LogP contribution in [0.1, 0.15) is 22.8 Å². The van der Waals surface area contributed by atoms with Crippen molar-refractivity contribution in [2.24, 2.45) is 0 Å². The van der Waals surface area contributed by atoms with Crippen molar-refractivity contribution in [2.45, 2.75) is 29.4 Å². The average Bonchev–Trinajstić information content (AvgIpc) is 2.67. The molecule has 4 aromatic carbocycles. The normalized spacial score (nSPS) is 12.1. The van der Waals surface area contributed by atoms with E-state index in [0.717, 1.165) is 48.6 Å². The Hall–Kier alpha value is -9.21. The number of hydrogen-bond donors (Lipinski definition) is 2. The Balaban J connectivity index is 1.26. The second-order valence-electron chi connectivity index (χ2n) is 18.2. The van der Waals surface area contributed by atoms with Crippen LogP contribution in [0.15, 0.2) is 127 Å². The predicted molar refractivity (Wildman–Crippen MR) is 285 cm³/mol. The van der Waals surface area contributed by atoms with Gasteiger partial charge in [-0.3, -0.25) is 15.0 Å². The van der Waals surface area contributed by atoms with Gasteiger partial charge in [-0.1, -0.05) is 35.3 Å². The quantitative estimate of drug-likeness (QED) is 0.0794. The maximum atomic E-state index is 17.1. The number of pyridine rings is 3. The summed E-state index contributed by atoms with van der Waals surface area (Å²) in [6.07, 6.45) is 10.3. The fourth-order valence-corrected chi connectivity index (χ4v) is 12.0. The Bertz CT molecular complexity index is 4550. The Morgan fingerprint density at radius 3 is 0.651 bits per heavy atom. The molecule has 430 valence electrons. The Kier molecular flexibility index (Phi) is 14.9. The van der Waals surface area contributed by atoms with Crippen LogP contribution in [0.2, 0.25) is 0 Å². The molecule has 0 unspecified atom stereocenters. The molecule has 0 amide bonds. The lowest BCUT2D eigenvalue weighted by molar-refractivity contribution is 0.381. The van der Waals surface area contributed by atoms with Gasteiger partial charge in [0.05, 0.1) is 59.7 Å². The van der Waals surface area contributed by atoms with Gasteiger partial charge in [-0.2, -0.15) is 0 Å². The molecule has 0 atom stereocenters. The smallest absolute Gasteiger partial charge is 0.200 e. The summed E-state index contributed by atoms with van der Waals surface area (Å²) in [6, 6.07) is 10.7. The third kappa shape index (κ3) is 9.52. The summed E-state index contributed by atoms with van der Waals surface area (Å²) in [7, 11) is 0. The maximum absolute atomic E-state index is 17.1. The van der Waals surface area contributed by atoms with Gasteiger partial charge >= 0.3 is 0 Å². The molecule has 0 saturated carbocycles. The van der Waals surface area contributed by atoms with E-state index < -0.39 is 203 Å². The summed E-state index contributed by atoms with van der Waals surface area (Å²) in [5, 5.41) is 0. The Labute approximate surface area is 482 Å². The number of halogens is 17. The SMILES string of the molecule is Fc1c(F)c(F)c(-c2c3nc(c(-c4c(F)c(F)c(Sc5ccncc5)c(F)c4F)c4ccc([nH]4)c(-c4c(F)c(F)c(Sc5ccncc5)c(F)c4F)c4nc(c(-c5c(F)c(F)c(Sc6ccncc6)c(F)c5F)c5ccc2[nH]5)C=C4)C=C3)c(F)c1F. The van der Waals surface area contributed by atoms with Gasteiger partial charge in [-0.15, -0.1) is 0 Å². The number of hydrogen-bond acceptors (Lipinski definition) is 8. The monoisotopic (exact) mass is 1250 g/mol. The Morgan fingerprint density at radius 1 is 0.233 bits per heavy atom. The minimum absolute atomic E-state index is 0.0266. The molecule has 86 heavy (non-hydrogen) atoms.